The number of hydrogen-bond donors (Lipinski definition) is 2. The third-order valence-corrected chi connectivity index (χ3v) is 0.938. The molecule has 4 heteroatoms. The van der Waals surface area contributed by atoms with Crippen molar-refractivity contribution in [2.24, 2.45) is 0 Å². The van der Waals surface area contributed by atoms with Gasteiger partial charge in [0, 0.05) is 5.54 Å². The Labute approximate surface area is 80.0 Å². The summed E-state index contributed by atoms with van der Waals surface area (Å²) < 4.78 is 5.02. The average Bonchev–Trinajstić information content (AvgIpc) is 1.78. The lowest BCUT2D eigenvalue weighted by atomic mass is 10.1. The maximum atomic E-state index is 11.1. The second-order valence-electron chi connectivity index (χ2n) is 5.00. The summed E-state index contributed by atoms with van der Waals surface area (Å²) in [5.41, 5.74) is 4.68. The number of hydrogen-bond acceptors (Lipinski definition) is 3. The average molecular weight is 188 g/mol. The van der Waals surface area contributed by atoms with Gasteiger partial charge in [0.2, 0.25) is 0 Å². The second-order valence-corrected chi connectivity index (χ2v) is 5.00. The number of nitrogens with one attached hydrogen (secondary N) is 2. The van der Waals surface area contributed by atoms with Crippen LogP contribution in [-0.4, -0.2) is 17.2 Å². The van der Waals surface area contributed by atoms with Crippen LogP contribution in [0.1, 0.15) is 41.5 Å². The Bertz CT molecular complexity index is 177. The van der Waals surface area contributed by atoms with E-state index in [1.165, 1.54) is 0 Å². The molecule has 2 N–H and O–H groups in total. The van der Waals surface area contributed by atoms with Gasteiger partial charge in [-0.3, -0.25) is 5.43 Å². The molecule has 0 radical (unpaired) electrons. The molecule has 0 aliphatic heterocycles. The van der Waals surface area contributed by atoms with Gasteiger partial charge in [-0.25, -0.2) is 10.2 Å². The second kappa shape index (κ2) is 3.96. The highest BCUT2D eigenvalue weighted by Crippen LogP contribution is 2.06. The lowest BCUT2D eigenvalue weighted by Gasteiger charge is -2.24. The molecule has 0 bridgehead atoms. The van der Waals surface area contributed by atoms with Crippen LogP contribution in [0.2, 0.25) is 0 Å². The Kier molecular flexibility index (Phi) is 3.72. The van der Waals surface area contributed by atoms with Gasteiger partial charge in [0.25, 0.3) is 0 Å². The monoisotopic (exact) mass is 188 g/mol. The number of rotatable bonds is 1. The van der Waals surface area contributed by atoms with Crippen LogP contribution < -0.4 is 10.9 Å². The van der Waals surface area contributed by atoms with Gasteiger partial charge in [-0.05, 0) is 41.5 Å². The van der Waals surface area contributed by atoms with Crippen LogP contribution in [0.15, 0.2) is 0 Å². The van der Waals surface area contributed by atoms with Crippen LogP contribution in [0.25, 0.3) is 0 Å². The molecule has 0 aromatic heterocycles. The number of ether oxygens (including phenoxy) is 1. The van der Waals surface area contributed by atoms with E-state index in [0.29, 0.717) is 0 Å². The van der Waals surface area contributed by atoms with E-state index < -0.39 is 11.7 Å². The van der Waals surface area contributed by atoms with Crippen molar-refractivity contribution in [3.63, 3.8) is 0 Å². The molecule has 0 aliphatic rings. The molecule has 0 rings (SSSR count). The SMILES string of the molecule is CC(C)(C)NNC(=O)OC(C)(C)C. The summed E-state index contributed by atoms with van der Waals surface area (Å²) in [6.07, 6.45) is -0.456. The molecule has 0 atom stereocenters. The molecule has 1 amide bonds. The molecule has 4 nitrogen and oxygen atoms in total. The fourth-order valence-corrected chi connectivity index (χ4v) is 0.542. The van der Waals surface area contributed by atoms with Gasteiger partial charge in [0.15, 0.2) is 0 Å². The first kappa shape index (κ1) is 12.2. The normalized spacial score (nSPS) is 12.5. The van der Waals surface area contributed by atoms with E-state index in [1.807, 2.05) is 41.5 Å². The summed E-state index contributed by atoms with van der Waals surface area (Å²) in [7, 11) is 0. The lowest BCUT2D eigenvalue weighted by Crippen LogP contribution is -2.50. The van der Waals surface area contributed by atoms with Crippen molar-refractivity contribution in [3.05, 3.63) is 0 Å². The molecule has 0 fully saturated rings. The quantitative estimate of drug-likeness (QED) is 0.617. The van der Waals surface area contributed by atoms with Crippen LogP contribution in [-0.2, 0) is 4.74 Å². The lowest BCUT2D eigenvalue weighted by molar-refractivity contribution is 0.0475. The van der Waals surface area contributed by atoms with Crippen LogP contribution in [0, 0.1) is 0 Å². The Hall–Kier alpha value is -0.770. The highest BCUT2D eigenvalue weighted by Gasteiger charge is 2.17. The molecule has 0 unspecified atom stereocenters. The van der Waals surface area contributed by atoms with Crippen molar-refractivity contribution < 1.29 is 9.53 Å². The summed E-state index contributed by atoms with van der Waals surface area (Å²) in [6.45, 7) is 11.3. The summed E-state index contributed by atoms with van der Waals surface area (Å²) in [5, 5.41) is 0. The van der Waals surface area contributed by atoms with Gasteiger partial charge in [0.1, 0.15) is 5.60 Å². The molecule has 0 aromatic carbocycles. The van der Waals surface area contributed by atoms with Crippen molar-refractivity contribution in [2.45, 2.75) is 52.7 Å². The van der Waals surface area contributed by atoms with Crippen LogP contribution in [0.4, 0.5) is 4.79 Å². The topological polar surface area (TPSA) is 50.4 Å². The molecule has 0 spiro atoms. The maximum absolute atomic E-state index is 11.1. The van der Waals surface area contributed by atoms with Crippen molar-refractivity contribution >= 4 is 6.09 Å². The van der Waals surface area contributed by atoms with E-state index in [-0.39, 0.29) is 5.54 Å². The zero-order chi connectivity index (χ0) is 10.7. The molecule has 13 heavy (non-hydrogen) atoms. The molecule has 78 valence electrons. The first-order valence-electron chi connectivity index (χ1n) is 4.36. The highest BCUT2D eigenvalue weighted by molar-refractivity contribution is 5.67. The molecular formula is C9H20N2O2. The van der Waals surface area contributed by atoms with Crippen molar-refractivity contribution in [1.29, 1.82) is 0 Å². The fourth-order valence-electron chi connectivity index (χ4n) is 0.542. The Morgan fingerprint density at radius 1 is 1.08 bits per heavy atom. The molecule has 0 aromatic rings. The summed E-state index contributed by atoms with van der Waals surface area (Å²) in [6, 6.07) is 0. The minimum atomic E-state index is -0.456. The van der Waals surface area contributed by atoms with E-state index >= 15 is 0 Å². The third-order valence-electron chi connectivity index (χ3n) is 0.938. The highest BCUT2D eigenvalue weighted by atomic mass is 16.6. The fraction of sp³-hybridized carbons (Fsp3) is 0.889. The van der Waals surface area contributed by atoms with Gasteiger partial charge in [-0.2, -0.15) is 0 Å². The van der Waals surface area contributed by atoms with Gasteiger partial charge in [-0.1, -0.05) is 0 Å². The first-order valence-corrected chi connectivity index (χ1v) is 4.36. The largest absolute Gasteiger partial charge is 0.443 e. The van der Waals surface area contributed by atoms with Crippen molar-refractivity contribution in [3.8, 4) is 0 Å². The molecule has 0 saturated carbocycles. The molecule has 0 saturated heterocycles. The van der Waals surface area contributed by atoms with Gasteiger partial charge in [0.05, 0.1) is 0 Å². The van der Waals surface area contributed by atoms with Crippen LogP contribution in [0.3, 0.4) is 0 Å². The Morgan fingerprint density at radius 2 is 1.54 bits per heavy atom. The van der Waals surface area contributed by atoms with E-state index in [9.17, 15) is 4.79 Å². The standard InChI is InChI=1S/C9H20N2O2/c1-8(2,3)11-10-7(12)13-9(4,5)6/h11H,1-6H3,(H,10,12). The summed E-state index contributed by atoms with van der Waals surface area (Å²) in [5.74, 6) is 0. The molecule has 0 heterocycles. The summed E-state index contributed by atoms with van der Waals surface area (Å²) in [4.78, 5) is 11.1. The van der Waals surface area contributed by atoms with E-state index in [0.717, 1.165) is 0 Å². The predicted molar refractivity (Wildman–Crippen MR) is 52.3 cm³/mol. The predicted octanol–water partition coefficient (Wildman–Crippen LogP) is 1.81. The van der Waals surface area contributed by atoms with Crippen molar-refractivity contribution in [2.75, 3.05) is 0 Å². The minimum Gasteiger partial charge on any atom is -0.443 e. The smallest absolute Gasteiger partial charge is 0.422 e. The van der Waals surface area contributed by atoms with Crippen molar-refractivity contribution in [1.82, 2.24) is 10.9 Å². The van der Waals surface area contributed by atoms with Gasteiger partial charge in [-0.15, -0.1) is 0 Å². The molecule has 0 aliphatic carbocycles. The Balaban J connectivity index is 3.78. The maximum Gasteiger partial charge on any atom is 0.422 e. The van der Waals surface area contributed by atoms with E-state index in [2.05, 4.69) is 10.9 Å². The number of carbonyl (C=O) groups excluding carboxylic acids is 1. The summed E-state index contributed by atoms with van der Waals surface area (Å²) >= 11 is 0. The van der Waals surface area contributed by atoms with Gasteiger partial charge < -0.3 is 4.74 Å². The van der Waals surface area contributed by atoms with E-state index in [1.54, 1.807) is 0 Å². The third kappa shape index (κ3) is 9.14. The number of amides is 1. The first-order chi connectivity index (χ1) is 5.60. The zero-order valence-electron chi connectivity index (χ0n) is 9.32. The minimum absolute atomic E-state index is 0.156. The van der Waals surface area contributed by atoms with Crippen LogP contribution in [0.5, 0.6) is 0 Å². The zero-order valence-corrected chi connectivity index (χ0v) is 9.32. The number of carbonyl (C=O) groups is 1. The number of hydrazine groups is 1. The van der Waals surface area contributed by atoms with E-state index in [4.69, 9.17) is 4.74 Å². The van der Waals surface area contributed by atoms with Gasteiger partial charge >= 0.3 is 6.09 Å². The Morgan fingerprint density at radius 3 is 1.85 bits per heavy atom. The van der Waals surface area contributed by atoms with Crippen LogP contribution >= 0.6 is 0 Å². The molecular weight excluding hydrogens is 168 g/mol.